The highest BCUT2D eigenvalue weighted by Gasteiger charge is 2.16. The molecule has 0 aliphatic carbocycles. The molecule has 17 heavy (non-hydrogen) atoms. The molecule has 0 aliphatic heterocycles. The number of hydrogen-bond donors (Lipinski definition) is 1. The van der Waals surface area contributed by atoms with Crippen LogP contribution in [0.5, 0.6) is 0 Å². The monoisotopic (exact) mass is 239 g/mol. The Morgan fingerprint density at radius 2 is 2.06 bits per heavy atom. The van der Waals surface area contributed by atoms with E-state index in [1.165, 1.54) is 6.07 Å². The predicted octanol–water partition coefficient (Wildman–Crippen LogP) is 3.04. The third kappa shape index (κ3) is 4.84. The molecule has 0 bridgehead atoms. The second-order valence-electron chi connectivity index (χ2n) is 4.89. The van der Waals surface area contributed by atoms with Crippen LogP contribution in [0.15, 0.2) is 18.2 Å². The third-order valence-electron chi connectivity index (χ3n) is 2.60. The summed E-state index contributed by atoms with van der Waals surface area (Å²) >= 11 is 0. The van der Waals surface area contributed by atoms with Crippen LogP contribution in [0.2, 0.25) is 0 Å². The molecule has 0 amide bonds. The number of hydrogen-bond acceptors (Lipinski definition) is 2. The summed E-state index contributed by atoms with van der Waals surface area (Å²) in [6.45, 7) is 9.91. The Morgan fingerprint density at radius 1 is 1.35 bits per heavy atom. The normalized spacial score (nSPS) is 11.8. The summed E-state index contributed by atoms with van der Waals surface area (Å²) in [6.07, 6.45) is 0. The van der Waals surface area contributed by atoms with Crippen LogP contribution in [0.25, 0.3) is 0 Å². The van der Waals surface area contributed by atoms with Gasteiger partial charge in [0.2, 0.25) is 0 Å². The van der Waals surface area contributed by atoms with Crippen LogP contribution in [0.4, 0.5) is 4.39 Å². The lowest BCUT2D eigenvalue weighted by atomic mass is 10.1. The zero-order valence-electron chi connectivity index (χ0n) is 11.1. The molecule has 3 heteroatoms. The summed E-state index contributed by atoms with van der Waals surface area (Å²) in [5.41, 5.74) is 1.57. The van der Waals surface area contributed by atoms with Crippen molar-refractivity contribution in [3.63, 3.8) is 0 Å². The molecule has 1 aromatic carbocycles. The molecule has 0 spiro atoms. The Morgan fingerprint density at radius 3 is 2.71 bits per heavy atom. The van der Waals surface area contributed by atoms with Gasteiger partial charge in [-0.05, 0) is 33.8 Å². The number of aryl methyl sites for hydroxylation is 1. The van der Waals surface area contributed by atoms with Gasteiger partial charge in [-0.2, -0.15) is 0 Å². The van der Waals surface area contributed by atoms with Gasteiger partial charge < -0.3 is 10.1 Å². The maximum atomic E-state index is 13.5. The van der Waals surface area contributed by atoms with Crippen LogP contribution in [0.1, 0.15) is 31.9 Å². The Bertz CT molecular complexity index is 363. The van der Waals surface area contributed by atoms with Crippen molar-refractivity contribution in [1.82, 2.24) is 5.32 Å². The summed E-state index contributed by atoms with van der Waals surface area (Å²) in [5, 5.41) is 3.23. The molecule has 1 N–H and O–H groups in total. The number of benzene rings is 1. The second kappa shape index (κ2) is 6.12. The van der Waals surface area contributed by atoms with Gasteiger partial charge in [0, 0.05) is 25.3 Å². The van der Waals surface area contributed by atoms with Gasteiger partial charge in [0.1, 0.15) is 5.82 Å². The first-order chi connectivity index (χ1) is 7.94. The first kappa shape index (κ1) is 14.1. The Kier molecular flexibility index (Phi) is 5.09. The summed E-state index contributed by atoms with van der Waals surface area (Å²) < 4.78 is 19.0. The van der Waals surface area contributed by atoms with Crippen molar-refractivity contribution >= 4 is 0 Å². The van der Waals surface area contributed by atoms with Crippen molar-refractivity contribution in [2.75, 3.05) is 13.2 Å². The summed E-state index contributed by atoms with van der Waals surface area (Å²) in [5.74, 6) is -0.155. The molecule has 0 unspecified atom stereocenters. The molecule has 0 aliphatic rings. The maximum Gasteiger partial charge on any atom is 0.127 e. The molecule has 1 rings (SSSR count). The van der Waals surface area contributed by atoms with Gasteiger partial charge in [-0.15, -0.1) is 0 Å². The molecule has 0 saturated carbocycles. The molecular formula is C14H22FNO. The Balaban J connectivity index is 2.48. The Labute approximate surface area is 103 Å². The van der Waals surface area contributed by atoms with E-state index in [0.29, 0.717) is 25.3 Å². The molecule has 0 aromatic heterocycles. The third-order valence-corrected chi connectivity index (χ3v) is 2.60. The quantitative estimate of drug-likeness (QED) is 0.824. The number of halogens is 1. The van der Waals surface area contributed by atoms with E-state index in [0.717, 1.165) is 5.56 Å². The van der Waals surface area contributed by atoms with Gasteiger partial charge in [0.25, 0.3) is 0 Å². The number of ether oxygens (including phenoxy) is 1. The van der Waals surface area contributed by atoms with E-state index in [1.807, 2.05) is 33.8 Å². The lowest BCUT2D eigenvalue weighted by Gasteiger charge is -2.25. The first-order valence-electron chi connectivity index (χ1n) is 6.04. The SMILES string of the molecule is CCOC(C)(C)CNCc1cc(C)ccc1F. The lowest BCUT2D eigenvalue weighted by Crippen LogP contribution is -2.37. The van der Waals surface area contributed by atoms with Gasteiger partial charge >= 0.3 is 0 Å². The fourth-order valence-electron chi connectivity index (χ4n) is 1.78. The fourth-order valence-corrected chi connectivity index (χ4v) is 1.78. The van der Waals surface area contributed by atoms with Crippen molar-refractivity contribution < 1.29 is 9.13 Å². The van der Waals surface area contributed by atoms with Gasteiger partial charge in [0.05, 0.1) is 5.60 Å². The van der Waals surface area contributed by atoms with Crippen LogP contribution < -0.4 is 5.32 Å². The minimum atomic E-state index is -0.213. The van der Waals surface area contributed by atoms with Crippen LogP contribution in [-0.4, -0.2) is 18.8 Å². The van der Waals surface area contributed by atoms with E-state index >= 15 is 0 Å². The molecule has 0 saturated heterocycles. The fraction of sp³-hybridized carbons (Fsp3) is 0.571. The van der Waals surface area contributed by atoms with Crippen molar-refractivity contribution in [2.45, 2.75) is 39.8 Å². The zero-order valence-corrected chi connectivity index (χ0v) is 11.1. The molecule has 2 nitrogen and oxygen atoms in total. The van der Waals surface area contributed by atoms with Gasteiger partial charge in [-0.25, -0.2) is 4.39 Å². The summed E-state index contributed by atoms with van der Waals surface area (Å²) in [7, 11) is 0. The Hall–Kier alpha value is -0.930. The van der Waals surface area contributed by atoms with Crippen LogP contribution in [0.3, 0.4) is 0 Å². The molecule has 0 atom stereocenters. The maximum absolute atomic E-state index is 13.5. The standard InChI is InChI=1S/C14H22FNO/c1-5-17-14(3,4)10-16-9-12-8-11(2)6-7-13(12)15/h6-8,16H,5,9-10H2,1-4H3. The lowest BCUT2D eigenvalue weighted by molar-refractivity contribution is -0.00901. The van der Waals surface area contributed by atoms with Crippen LogP contribution >= 0.6 is 0 Å². The van der Waals surface area contributed by atoms with Crippen molar-refractivity contribution in [3.05, 3.63) is 35.1 Å². The molecular weight excluding hydrogens is 217 g/mol. The average molecular weight is 239 g/mol. The minimum absolute atomic E-state index is 0.155. The van der Waals surface area contributed by atoms with E-state index in [1.54, 1.807) is 6.07 Å². The number of nitrogens with one attached hydrogen (secondary N) is 1. The summed E-state index contributed by atoms with van der Waals surface area (Å²) in [4.78, 5) is 0. The largest absolute Gasteiger partial charge is 0.375 e. The van der Waals surface area contributed by atoms with E-state index < -0.39 is 0 Å². The van der Waals surface area contributed by atoms with E-state index in [2.05, 4.69) is 5.32 Å². The second-order valence-corrected chi connectivity index (χ2v) is 4.89. The molecule has 0 radical (unpaired) electrons. The van der Waals surface area contributed by atoms with E-state index in [-0.39, 0.29) is 11.4 Å². The highest BCUT2D eigenvalue weighted by atomic mass is 19.1. The van der Waals surface area contributed by atoms with Gasteiger partial charge in [-0.3, -0.25) is 0 Å². The average Bonchev–Trinajstić information content (AvgIpc) is 2.23. The van der Waals surface area contributed by atoms with Gasteiger partial charge in [0.15, 0.2) is 0 Å². The first-order valence-corrected chi connectivity index (χ1v) is 6.04. The summed E-state index contributed by atoms with van der Waals surface area (Å²) in [6, 6.07) is 5.17. The van der Waals surface area contributed by atoms with E-state index in [9.17, 15) is 4.39 Å². The van der Waals surface area contributed by atoms with Crippen molar-refractivity contribution in [1.29, 1.82) is 0 Å². The minimum Gasteiger partial charge on any atom is -0.375 e. The van der Waals surface area contributed by atoms with Crippen molar-refractivity contribution in [2.24, 2.45) is 0 Å². The van der Waals surface area contributed by atoms with Crippen LogP contribution in [-0.2, 0) is 11.3 Å². The zero-order chi connectivity index (χ0) is 12.9. The molecule has 96 valence electrons. The highest BCUT2D eigenvalue weighted by Crippen LogP contribution is 2.11. The predicted molar refractivity (Wildman–Crippen MR) is 68.5 cm³/mol. The van der Waals surface area contributed by atoms with Crippen LogP contribution in [0, 0.1) is 12.7 Å². The van der Waals surface area contributed by atoms with E-state index in [4.69, 9.17) is 4.74 Å². The number of rotatable bonds is 6. The molecule has 0 heterocycles. The van der Waals surface area contributed by atoms with Crippen molar-refractivity contribution in [3.8, 4) is 0 Å². The topological polar surface area (TPSA) is 21.3 Å². The molecule has 1 aromatic rings. The van der Waals surface area contributed by atoms with Gasteiger partial charge in [-0.1, -0.05) is 17.7 Å². The molecule has 0 fully saturated rings. The smallest absolute Gasteiger partial charge is 0.127 e. The highest BCUT2D eigenvalue weighted by molar-refractivity contribution is 5.23.